The summed E-state index contributed by atoms with van der Waals surface area (Å²) in [5.41, 5.74) is 1.04. The minimum atomic E-state index is -0.453. The van der Waals surface area contributed by atoms with E-state index in [1.54, 1.807) is 0 Å². The van der Waals surface area contributed by atoms with E-state index in [-0.39, 0.29) is 17.0 Å². The smallest absolute Gasteiger partial charge is 0.292 e. The zero-order valence-corrected chi connectivity index (χ0v) is 11.7. The van der Waals surface area contributed by atoms with E-state index < -0.39 is 4.92 Å². The summed E-state index contributed by atoms with van der Waals surface area (Å²) in [5, 5.41) is 16.7. The number of rotatable bonds is 6. The second-order valence-electron chi connectivity index (χ2n) is 5.51. The monoisotopic (exact) mass is 277 g/mol. The van der Waals surface area contributed by atoms with Gasteiger partial charge in [0, 0.05) is 24.7 Å². The van der Waals surface area contributed by atoms with Crippen LogP contribution in [0.15, 0.2) is 18.2 Å². The number of nitrogens with one attached hydrogen (secondary N) is 2. The van der Waals surface area contributed by atoms with Crippen molar-refractivity contribution in [1.29, 1.82) is 0 Å². The lowest BCUT2D eigenvalue weighted by Crippen LogP contribution is -2.29. The van der Waals surface area contributed by atoms with E-state index in [2.05, 4.69) is 17.6 Å². The molecule has 0 unspecified atom stereocenters. The van der Waals surface area contributed by atoms with Crippen LogP contribution in [0.2, 0.25) is 0 Å². The summed E-state index contributed by atoms with van der Waals surface area (Å²) < 4.78 is 0. The zero-order valence-electron chi connectivity index (χ0n) is 11.7. The molecule has 1 aliphatic carbocycles. The molecular weight excluding hydrogens is 258 g/mol. The van der Waals surface area contributed by atoms with E-state index in [0.29, 0.717) is 24.3 Å². The summed E-state index contributed by atoms with van der Waals surface area (Å²) in [5.74, 6) is -0.188. The predicted octanol–water partition coefficient (Wildman–Crippen LogP) is 2.56. The van der Waals surface area contributed by atoms with E-state index in [9.17, 15) is 14.9 Å². The summed E-state index contributed by atoms with van der Waals surface area (Å²) in [7, 11) is 0. The molecule has 0 radical (unpaired) electrons. The number of carbonyl (C=O) groups excluding carboxylic acids is 1. The molecule has 0 aliphatic heterocycles. The Labute approximate surface area is 117 Å². The summed E-state index contributed by atoms with van der Waals surface area (Å²) in [6.45, 7) is 5.20. The van der Waals surface area contributed by atoms with Crippen molar-refractivity contribution < 1.29 is 9.72 Å². The molecule has 2 rings (SSSR count). The second kappa shape index (κ2) is 5.48. The van der Waals surface area contributed by atoms with Gasteiger partial charge in [0.25, 0.3) is 11.6 Å². The van der Waals surface area contributed by atoms with Crippen molar-refractivity contribution in [3.8, 4) is 0 Å². The van der Waals surface area contributed by atoms with Gasteiger partial charge < -0.3 is 10.6 Å². The maximum atomic E-state index is 12.0. The molecule has 6 nitrogen and oxygen atoms in total. The second-order valence-corrected chi connectivity index (χ2v) is 5.51. The molecule has 0 bridgehead atoms. The van der Waals surface area contributed by atoms with Gasteiger partial charge in [0.05, 0.1) is 4.92 Å². The number of amides is 1. The number of anilines is 1. The topological polar surface area (TPSA) is 84.3 Å². The third-order valence-electron chi connectivity index (χ3n) is 3.60. The van der Waals surface area contributed by atoms with Gasteiger partial charge in [-0.2, -0.15) is 0 Å². The molecule has 2 N–H and O–H groups in total. The normalized spacial score (nSPS) is 15.5. The van der Waals surface area contributed by atoms with Crippen LogP contribution in [0.3, 0.4) is 0 Å². The molecule has 1 aromatic rings. The molecule has 1 aliphatic rings. The summed E-state index contributed by atoms with van der Waals surface area (Å²) >= 11 is 0. The van der Waals surface area contributed by atoms with Crippen molar-refractivity contribution in [3.63, 3.8) is 0 Å². The van der Waals surface area contributed by atoms with Gasteiger partial charge in [0.15, 0.2) is 0 Å². The van der Waals surface area contributed by atoms with Gasteiger partial charge in [0.2, 0.25) is 0 Å². The van der Waals surface area contributed by atoms with Crippen LogP contribution in [0.1, 0.15) is 37.0 Å². The maximum Gasteiger partial charge on any atom is 0.292 e. The van der Waals surface area contributed by atoms with Gasteiger partial charge in [-0.05, 0) is 37.3 Å². The number of benzene rings is 1. The Morgan fingerprint density at radius 3 is 2.70 bits per heavy atom. The third-order valence-corrected chi connectivity index (χ3v) is 3.60. The van der Waals surface area contributed by atoms with Gasteiger partial charge in [-0.3, -0.25) is 14.9 Å². The Morgan fingerprint density at radius 1 is 1.45 bits per heavy atom. The lowest BCUT2D eigenvalue weighted by Gasteiger charge is -2.11. The molecule has 0 heterocycles. The van der Waals surface area contributed by atoms with Crippen molar-refractivity contribution >= 4 is 17.3 Å². The lowest BCUT2D eigenvalue weighted by atomic mass is 10.1. The molecule has 1 fully saturated rings. The minimum absolute atomic E-state index is 0.0162. The van der Waals surface area contributed by atoms with Crippen LogP contribution in [-0.2, 0) is 0 Å². The van der Waals surface area contributed by atoms with Crippen LogP contribution in [0.5, 0.6) is 0 Å². The van der Waals surface area contributed by atoms with E-state index in [1.807, 2.05) is 6.92 Å². The highest BCUT2D eigenvalue weighted by atomic mass is 16.6. The van der Waals surface area contributed by atoms with Crippen LogP contribution in [0, 0.1) is 15.5 Å². The van der Waals surface area contributed by atoms with Crippen molar-refractivity contribution in [1.82, 2.24) is 5.32 Å². The SMILES string of the molecule is CCNc1cc(C(=O)NCC2(C)CC2)ccc1[N+](=O)[O-]. The first kappa shape index (κ1) is 14.3. The van der Waals surface area contributed by atoms with E-state index in [0.717, 1.165) is 12.8 Å². The first-order valence-electron chi connectivity index (χ1n) is 6.76. The Balaban J connectivity index is 2.12. The van der Waals surface area contributed by atoms with Crippen molar-refractivity contribution in [2.24, 2.45) is 5.41 Å². The van der Waals surface area contributed by atoms with Gasteiger partial charge in [0.1, 0.15) is 5.69 Å². The number of nitro groups is 1. The predicted molar refractivity (Wildman–Crippen MR) is 76.9 cm³/mol. The average Bonchev–Trinajstić information content (AvgIpc) is 3.14. The molecular formula is C14H19N3O3. The van der Waals surface area contributed by atoms with E-state index >= 15 is 0 Å². The fourth-order valence-electron chi connectivity index (χ4n) is 1.95. The zero-order chi connectivity index (χ0) is 14.8. The molecule has 108 valence electrons. The molecule has 20 heavy (non-hydrogen) atoms. The minimum Gasteiger partial charge on any atom is -0.380 e. The maximum absolute atomic E-state index is 12.0. The van der Waals surface area contributed by atoms with Gasteiger partial charge in [-0.25, -0.2) is 0 Å². The quantitative estimate of drug-likeness (QED) is 0.618. The molecule has 1 aromatic carbocycles. The Bertz CT molecular complexity index is 538. The lowest BCUT2D eigenvalue weighted by molar-refractivity contribution is -0.384. The van der Waals surface area contributed by atoms with Crippen molar-refractivity contribution in [2.75, 3.05) is 18.4 Å². The molecule has 0 spiro atoms. The Kier molecular flexibility index (Phi) is 3.92. The molecule has 0 saturated heterocycles. The van der Waals surface area contributed by atoms with Gasteiger partial charge >= 0.3 is 0 Å². The van der Waals surface area contributed by atoms with Crippen LogP contribution < -0.4 is 10.6 Å². The Hall–Kier alpha value is -2.11. The average molecular weight is 277 g/mol. The Morgan fingerprint density at radius 2 is 2.15 bits per heavy atom. The first-order chi connectivity index (χ1) is 9.45. The highest BCUT2D eigenvalue weighted by molar-refractivity contribution is 5.96. The van der Waals surface area contributed by atoms with Gasteiger partial charge in [-0.1, -0.05) is 6.92 Å². The summed E-state index contributed by atoms with van der Waals surface area (Å²) in [6.07, 6.45) is 2.27. The van der Waals surface area contributed by atoms with Crippen molar-refractivity contribution in [3.05, 3.63) is 33.9 Å². The molecule has 0 aromatic heterocycles. The van der Waals surface area contributed by atoms with Crippen LogP contribution in [0.25, 0.3) is 0 Å². The molecule has 1 amide bonds. The standard InChI is InChI=1S/C14H19N3O3/c1-3-15-11-8-10(4-5-12(11)17(19)20)13(18)16-9-14(2)6-7-14/h4-5,8,15H,3,6-7,9H2,1-2H3,(H,16,18). The number of hydrogen-bond acceptors (Lipinski definition) is 4. The number of nitro benzene ring substituents is 1. The highest BCUT2D eigenvalue weighted by Crippen LogP contribution is 2.44. The highest BCUT2D eigenvalue weighted by Gasteiger charge is 2.37. The molecule has 0 atom stereocenters. The van der Waals surface area contributed by atoms with Crippen LogP contribution in [-0.4, -0.2) is 23.9 Å². The first-order valence-corrected chi connectivity index (χ1v) is 6.76. The number of nitrogens with zero attached hydrogens (tertiary/aromatic N) is 1. The molecule has 1 saturated carbocycles. The summed E-state index contributed by atoms with van der Waals surface area (Å²) in [4.78, 5) is 22.5. The number of hydrogen-bond donors (Lipinski definition) is 2. The largest absolute Gasteiger partial charge is 0.380 e. The fourth-order valence-corrected chi connectivity index (χ4v) is 1.95. The van der Waals surface area contributed by atoms with Crippen LogP contribution >= 0.6 is 0 Å². The fraction of sp³-hybridized carbons (Fsp3) is 0.500. The third kappa shape index (κ3) is 3.26. The van der Waals surface area contributed by atoms with Gasteiger partial charge in [-0.15, -0.1) is 0 Å². The van der Waals surface area contributed by atoms with E-state index in [4.69, 9.17) is 0 Å². The number of carbonyl (C=O) groups is 1. The summed E-state index contributed by atoms with van der Waals surface area (Å²) in [6, 6.07) is 4.39. The van der Waals surface area contributed by atoms with Crippen molar-refractivity contribution in [2.45, 2.75) is 26.7 Å². The van der Waals surface area contributed by atoms with Crippen LogP contribution in [0.4, 0.5) is 11.4 Å². The molecule has 6 heteroatoms. The van der Waals surface area contributed by atoms with E-state index in [1.165, 1.54) is 18.2 Å².